The van der Waals surface area contributed by atoms with Gasteiger partial charge in [0.25, 0.3) is 0 Å². The Balaban J connectivity index is 0. The average Bonchev–Trinajstić information content (AvgIpc) is 3.33. The Kier molecular flexibility index (Phi) is 30.3. The molecule has 0 aromatic heterocycles. The molecule has 1 N–H and O–H groups in total. The first-order valence-corrected chi connectivity index (χ1v) is 10.6. The van der Waals surface area contributed by atoms with Crippen LogP contribution in [0.5, 0.6) is 0 Å². The normalized spacial score (nSPS) is 18.1. The molecule has 0 amide bonds. The minimum absolute atomic E-state index is 0.122. The Bertz CT molecular complexity index is 243. The van der Waals surface area contributed by atoms with E-state index in [1.54, 1.807) is 7.11 Å². The van der Waals surface area contributed by atoms with Crippen LogP contribution in [0.1, 0.15) is 58.8 Å². The van der Waals surface area contributed by atoms with Crippen molar-refractivity contribution in [3.05, 3.63) is 0 Å². The maximum Gasteiger partial charge on any atom is 0.132 e. The highest BCUT2D eigenvalue weighted by atomic mass is 16.6. The number of hydrogen-bond acceptors (Lipinski definition) is 7. The number of rotatable bonds is 4. The number of ketones is 1. The minimum Gasteiger partial charge on any atom is -0.394 e. The first kappa shape index (κ1) is 29.6. The van der Waals surface area contributed by atoms with Crippen LogP contribution in [-0.4, -0.2) is 84.1 Å². The first-order valence-electron chi connectivity index (χ1n) is 10.6. The molecule has 2 aliphatic heterocycles. The van der Waals surface area contributed by atoms with E-state index in [4.69, 9.17) is 24.1 Å². The summed E-state index contributed by atoms with van der Waals surface area (Å²) in [4.78, 5) is 10.5. The van der Waals surface area contributed by atoms with Crippen LogP contribution in [-0.2, 0) is 28.5 Å². The van der Waals surface area contributed by atoms with Crippen LogP contribution in [0.4, 0.5) is 0 Å². The monoisotopic (exact) mass is 408 g/mol. The lowest BCUT2D eigenvalue weighted by Crippen LogP contribution is -2.16. The summed E-state index contributed by atoms with van der Waals surface area (Å²) in [6.45, 7) is 11.3. The Morgan fingerprint density at radius 3 is 1.39 bits per heavy atom. The Morgan fingerprint density at radius 2 is 1.25 bits per heavy atom. The number of aliphatic hydroxyl groups excluding tert-OH is 1. The summed E-state index contributed by atoms with van der Waals surface area (Å²) in [6.07, 6.45) is 7.80. The molecule has 7 heteroatoms. The SMILES string of the molecule is C1CCOC1.C1COCCO1.CCOCC.COCCO.O=C1CCCCC1. The van der Waals surface area contributed by atoms with Crippen LogP contribution >= 0.6 is 0 Å². The summed E-state index contributed by atoms with van der Waals surface area (Å²) in [5.74, 6) is 0.464. The van der Waals surface area contributed by atoms with E-state index in [-0.39, 0.29) is 6.61 Å². The molecule has 2 heterocycles. The van der Waals surface area contributed by atoms with Gasteiger partial charge in [0, 0.05) is 46.4 Å². The number of carbonyl (C=O) groups excluding carboxylic acids is 1. The van der Waals surface area contributed by atoms with Crippen molar-refractivity contribution in [2.45, 2.75) is 58.8 Å². The molecule has 7 nitrogen and oxygen atoms in total. The highest BCUT2D eigenvalue weighted by Crippen LogP contribution is 2.12. The third-order valence-corrected chi connectivity index (χ3v) is 3.69. The van der Waals surface area contributed by atoms with Gasteiger partial charge < -0.3 is 28.8 Å². The van der Waals surface area contributed by atoms with E-state index in [2.05, 4.69) is 4.74 Å². The predicted octanol–water partition coefficient (Wildman–Crippen LogP) is 3.02. The number of carbonyl (C=O) groups is 1. The molecule has 2 saturated heterocycles. The van der Waals surface area contributed by atoms with Crippen LogP contribution in [0.15, 0.2) is 0 Å². The third kappa shape index (κ3) is 30.2. The maximum absolute atomic E-state index is 10.5. The Morgan fingerprint density at radius 1 is 0.786 bits per heavy atom. The summed E-state index contributed by atoms with van der Waals surface area (Å²) in [5.41, 5.74) is 0. The highest BCUT2D eigenvalue weighted by Gasteiger charge is 2.06. The molecule has 3 fully saturated rings. The van der Waals surface area contributed by atoms with Gasteiger partial charge in [0.15, 0.2) is 0 Å². The fourth-order valence-electron chi connectivity index (χ4n) is 2.19. The van der Waals surface area contributed by atoms with Crippen molar-refractivity contribution in [1.82, 2.24) is 0 Å². The zero-order chi connectivity index (χ0) is 21.1. The molecule has 3 rings (SSSR count). The van der Waals surface area contributed by atoms with Gasteiger partial charge in [-0.2, -0.15) is 0 Å². The van der Waals surface area contributed by atoms with Crippen LogP contribution in [0.3, 0.4) is 0 Å². The molecule has 0 bridgehead atoms. The second-order valence-corrected chi connectivity index (χ2v) is 6.14. The Labute approximate surface area is 172 Å². The highest BCUT2D eigenvalue weighted by molar-refractivity contribution is 5.78. The van der Waals surface area contributed by atoms with E-state index >= 15 is 0 Å². The summed E-state index contributed by atoms with van der Waals surface area (Å²) in [6, 6.07) is 0. The van der Waals surface area contributed by atoms with Crippen molar-refractivity contribution >= 4 is 5.78 Å². The largest absolute Gasteiger partial charge is 0.394 e. The fraction of sp³-hybridized carbons (Fsp3) is 0.952. The molecule has 0 aromatic rings. The van der Waals surface area contributed by atoms with Gasteiger partial charge in [-0.1, -0.05) is 6.42 Å². The smallest absolute Gasteiger partial charge is 0.132 e. The van der Waals surface area contributed by atoms with Gasteiger partial charge in [-0.3, -0.25) is 4.79 Å². The standard InChI is InChI=1S/C6H10O.C4H8O2.C4H8O.C4H10O.C3H8O2/c7-6-4-2-1-3-5-6;1-2-6-4-3-5-1;1-2-4-5-3-1;1-3-5-4-2;1-5-3-2-4/h1-5H2;1-4H2;1-4H2;3-4H2,1-2H3;4H,2-3H2,1H3. The number of hydrogen-bond donors (Lipinski definition) is 1. The number of methoxy groups -OCH3 is 1. The quantitative estimate of drug-likeness (QED) is 0.765. The molecule has 0 atom stereocenters. The molecule has 0 radical (unpaired) electrons. The van der Waals surface area contributed by atoms with E-state index < -0.39 is 0 Å². The number of aliphatic hydroxyl groups is 1. The van der Waals surface area contributed by atoms with Crippen LogP contribution < -0.4 is 0 Å². The first-order chi connectivity index (χ1) is 13.7. The van der Waals surface area contributed by atoms with Crippen molar-refractivity contribution in [2.75, 3.05) is 73.2 Å². The number of Topliss-reactive ketones (excluding diaryl/α,β-unsaturated/α-hetero) is 1. The van der Waals surface area contributed by atoms with E-state index in [9.17, 15) is 4.79 Å². The van der Waals surface area contributed by atoms with Gasteiger partial charge in [-0.15, -0.1) is 0 Å². The number of ether oxygens (including phenoxy) is 5. The summed E-state index contributed by atoms with van der Waals surface area (Å²) in [7, 11) is 1.55. The van der Waals surface area contributed by atoms with Crippen LogP contribution in [0, 0.1) is 0 Å². The Hall–Kier alpha value is -0.570. The van der Waals surface area contributed by atoms with Gasteiger partial charge in [-0.05, 0) is 39.5 Å². The lowest BCUT2D eigenvalue weighted by atomic mass is 10.00. The second-order valence-electron chi connectivity index (χ2n) is 6.14. The lowest BCUT2D eigenvalue weighted by Gasteiger charge is -2.09. The van der Waals surface area contributed by atoms with Gasteiger partial charge >= 0.3 is 0 Å². The van der Waals surface area contributed by atoms with E-state index in [1.165, 1.54) is 19.3 Å². The molecule has 3 aliphatic rings. The fourth-order valence-corrected chi connectivity index (χ4v) is 2.19. The van der Waals surface area contributed by atoms with Crippen molar-refractivity contribution < 1.29 is 33.6 Å². The summed E-state index contributed by atoms with van der Waals surface area (Å²) in [5, 5.41) is 7.94. The van der Waals surface area contributed by atoms with Gasteiger partial charge in [0.05, 0.1) is 39.6 Å². The van der Waals surface area contributed by atoms with Crippen molar-refractivity contribution in [3.63, 3.8) is 0 Å². The van der Waals surface area contributed by atoms with Gasteiger partial charge in [0.1, 0.15) is 5.78 Å². The zero-order valence-electron chi connectivity index (χ0n) is 18.4. The molecule has 1 saturated carbocycles. The van der Waals surface area contributed by atoms with E-state index in [0.29, 0.717) is 12.4 Å². The molecule has 0 aromatic carbocycles. The molecular formula is C21H44O7. The van der Waals surface area contributed by atoms with Crippen molar-refractivity contribution in [1.29, 1.82) is 0 Å². The summed E-state index contributed by atoms with van der Waals surface area (Å²) >= 11 is 0. The second kappa shape index (κ2) is 28.6. The average molecular weight is 409 g/mol. The van der Waals surface area contributed by atoms with Gasteiger partial charge in [-0.25, -0.2) is 0 Å². The third-order valence-electron chi connectivity index (χ3n) is 3.69. The topological polar surface area (TPSA) is 83.5 Å². The minimum atomic E-state index is 0.122. The molecule has 170 valence electrons. The van der Waals surface area contributed by atoms with Gasteiger partial charge in [0.2, 0.25) is 0 Å². The van der Waals surface area contributed by atoms with Crippen LogP contribution in [0.25, 0.3) is 0 Å². The summed E-state index contributed by atoms with van der Waals surface area (Å²) < 4.78 is 24.1. The van der Waals surface area contributed by atoms with E-state index in [0.717, 1.165) is 78.5 Å². The lowest BCUT2D eigenvalue weighted by molar-refractivity contribution is -0.120. The van der Waals surface area contributed by atoms with Crippen molar-refractivity contribution in [3.8, 4) is 0 Å². The van der Waals surface area contributed by atoms with Crippen LogP contribution in [0.2, 0.25) is 0 Å². The maximum atomic E-state index is 10.5. The molecular weight excluding hydrogens is 364 g/mol. The zero-order valence-corrected chi connectivity index (χ0v) is 18.4. The predicted molar refractivity (Wildman–Crippen MR) is 111 cm³/mol. The molecule has 0 unspecified atom stereocenters. The molecule has 0 spiro atoms. The van der Waals surface area contributed by atoms with Crippen molar-refractivity contribution in [2.24, 2.45) is 0 Å². The molecule has 1 aliphatic carbocycles. The van der Waals surface area contributed by atoms with E-state index in [1.807, 2.05) is 13.8 Å². The molecule has 28 heavy (non-hydrogen) atoms.